The van der Waals surface area contributed by atoms with Gasteiger partial charge in [0.1, 0.15) is 13.2 Å². The van der Waals surface area contributed by atoms with Gasteiger partial charge < -0.3 is 28.4 Å². The molecule has 0 fully saturated rings. The van der Waals surface area contributed by atoms with Crippen molar-refractivity contribution in [3.8, 4) is 108 Å². The number of esters is 2. The fourth-order valence-corrected chi connectivity index (χ4v) is 21.5. The van der Waals surface area contributed by atoms with E-state index in [1.54, 1.807) is 68.0 Å². The van der Waals surface area contributed by atoms with Crippen LogP contribution in [0.3, 0.4) is 0 Å². The minimum Gasteiger partial charge on any atom is -0.482 e. The summed E-state index contributed by atoms with van der Waals surface area (Å²) in [5.74, 6) is -0.295. The molecule has 456 valence electrons. The average Bonchev–Trinajstić information content (AvgIpc) is 3.22. The molecule has 0 unspecified atom stereocenters. The molecule has 8 nitrogen and oxygen atoms in total. The van der Waals surface area contributed by atoms with Gasteiger partial charge in [-0.1, -0.05) is 49.4 Å². The number of hydrogen-bond donors (Lipinski definition) is 0. The van der Waals surface area contributed by atoms with Crippen LogP contribution in [0.15, 0.2) is 146 Å². The molecule has 0 spiro atoms. The van der Waals surface area contributed by atoms with E-state index in [1.165, 1.54) is 97.5 Å². The first-order chi connectivity index (χ1) is 43.2. The molecule has 20 heteroatoms. The lowest BCUT2D eigenvalue weighted by molar-refractivity contribution is -0.143. The molecule has 0 saturated carbocycles. The summed E-state index contributed by atoms with van der Waals surface area (Å²) in [7, 11) is 0. The third kappa shape index (κ3) is 17.3. The van der Waals surface area contributed by atoms with Crippen LogP contribution in [0, 0.1) is 0 Å². The number of carbonyl (C=O) groups excluding carboxylic acids is 2. The van der Waals surface area contributed by atoms with E-state index in [4.69, 9.17) is 28.4 Å². The molecule has 0 N–H and O–H groups in total. The van der Waals surface area contributed by atoms with Gasteiger partial charge >= 0.3 is 11.9 Å². The van der Waals surface area contributed by atoms with Crippen molar-refractivity contribution < 1.29 is 38.0 Å². The molecule has 0 bridgehead atoms. The Bertz CT molecular complexity index is 3850. The molecule has 0 aliphatic carbocycles. The highest BCUT2D eigenvalue weighted by atomic mass is 32.1. The van der Waals surface area contributed by atoms with E-state index in [1.807, 2.05) is 94.0 Å². The van der Waals surface area contributed by atoms with Crippen LogP contribution in [0.2, 0.25) is 0 Å². The van der Waals surface area contributed by atoms with Crippen molar-refractivity contribution >= 4 is 148 Å². The van der Waals surface area contributed by atoms with Crippen LogP contribution in [0.25, 0.3) is 97.5 Å². The van der Waals surface area contributed by atoms with Gasteiger partial charge in [0, 0.05) is 121 Å². The Hall–Kier alpha value is -5.14. The Kier molecular flexibility index (Phi) is 23.6. The van der Waals surface area contributed by atoms with E-state index in [2.05, 4.69) is 147 Å². The summed E-state index contributed by atoms with van der Waals surface area (Å²) in [5.41, 5.74) is 0. The molecule has 12 heterocycles. The fraction of sp³-hybridized carbons (Fsp3) is 0.265. The van der Waals surface area contributed by atoms with Crippen molar-refractivity contribution in [3.05, 3.63) is 155 Å². The maximum absolute atomic E-state index is 12.1. The van der Waals surface area contributed by atoms with E-state index in [-0.39, 0.29) is 11.9 Å². The molecule has 88 heavy (non-hydrogen) atoms. The van der Waals surface area contributed by atoms with E-state index in [0.717, 1.165) is 45.6 Å². The van der Waals surface area contributed by atoms with Gasteiger partial charge in [0.05, 0.1) is 39.3 Å². The number of unbranched alkanes of at least 4 members (excludes halogenated alkanes) is 2. The summed E-state index contributed by atoms with van der Waals surface area (Å²) in [6.07, 6.45) is 4.53. The van der Waals surface area contributed by atoms with Gasteiger partial charge in [0.15, 0.2) is 10.1 Å². The second kappa shape index (κ2) is 32.2. The third-order valence-electron chi connectivity index (χ3n) is 13.3. The summed E-state index contributed by atoms with van der Waals surface area (Å²) in [6, 6.07) is 52.3. The van der Waals surface area contributed by atoms with Crippen molar-refractivity contribution in [2.75, 3.05) is 52.9 Å². The standard InChI is InChI=1S/C36H34O4S6.C32H30O4S6/c1-3-5-19-39-35(37)21-23-7-9-25(41-23)27-11-13-29(43-27)31-15-17-33(45-31)34-18-16-32(46-34)30-14-12-28(44-30)26-10-8-24(42-26)22-36(38)40-20-6-4-2;1-3-33-17-19-35-31-15-13-29(41-31)27-11-9-25(39-27)23-7-5-21(37-23)22-6-8-24(38-22)26-10-12-28(40-26)30-14-16-32(42-30)36-20-18-34-4-2/h7-18H,3-6,19-22H2,1-2H3;5-16H,3-4,17-20H2,1-2H3. The largest absolute Gasteiger partial charge is 0.482 e. The summed E-state index contributed by atoms with van der Waals surface area (Å²) >= 11 is 21.3. The third-order valence-corrected chi connectivity index (χ3v) is 28.1. The first-order valence-electron chi connectivity index (χ1n) is 29.1. The summed E-state index contributed by atoms with van der Waals surface area (Å²) in [5, 5.41) is 1.87. The normalized spacial score (nSPS) is 11.3. The smallest absolute Gasteiger partial charge is 0.311 e. The molecule has 12 rings (SSSR count). The first kappa shape index (κ1) is 64.4. The quantitative estimate of drug-likeness (QED) is 0.0325. The van der Waals surface area contributed by atoms with Gasteiger partial charge in [-0.05, 0) is 172 Å². The molecule has 0 aliphatic heterocycles. The lowest BCUT2D eigenvalue weighted by Crippen LogP contribution is -2.07. The predicted molar refractivity (Wildman–Crippen MR) is 385 cm³/mol. The zero-order valence-corrected chi connectivity index (χ0v) is 58.7. The van der Waals surface area contributed by atoms with Crippen LogP contribution >= 0.6 is 136 Å². The van der Waals surface area contributed by atoms with Gasteiger partial charge in [-0.25, -0.2) is 0 Å². The molecule has 0 radical (unpaired) electrons. The van der Waals surface area contributed by atoms with Crippen molar-refractivity contribution in [3.63, 3.8) is 0 Å². The van der Waals surface area contributed by atoms with Gasteiger partial charge in [-0.2, -0.15) is 0 Å². The maximum atomic E-state index is 12.1. The van der Waals surface area contributed by atoms with Crippen molar-refractivity contribution in [1.29, 1.82) is 0 Å². The molecular formula is C68H64O8S12. The maximum Gasteiger partial charge on any atom is 0.311 e. The Morgan fingerprint density at radius 3 is 0.750 bits per heavy atom. The molecule has 0 aromatic carbocycles. The summed E-state index contributed by atoms with van der Waals surface area (Å²) in [6.45, 7) is 13.0. The zero-order valence-electron chi connectivity index (χ0n) is 48.9. The van der Waals surface area contributed by atoms with Crippen LogP contribution in [0.5, 0.6) is 10.1 Å². The molecule has 12 aromatic heterocycles. The van der Waals surface area contributed by atoms with Crippen molar-refractivity contribution in [2.24, 2.45) is 0 Å². The average molecular weight is 1390 g/mol. The molecule has 0 aliphatic rings. The van der Waals surface area contributed by atoms with Gasteiger partial charge in [0.2, 0.25) is 0 Å². The highest BCUT2D eigenvalue weighted by Crippen LogP contribution is 2.49. The number of thiophene rings is 12. The molecule has 12 aromatic rings. The van der Waals surface area contributed by atoms with E-state index < -0.39 is 0 Å². The van der Waals surface area contributed by atoms with Crippen LogP contribution in [0.1, 0.15) is 63.1 Å². The summed E-state index contributed by atoms with van der Waals surface area (Å²) < 4.78 is 33.1. The first-order valence-corrected chi connectivity index (χ1v) is 38.9. The second-order valence-corrected chi connectivity index (χ2v) is 32.8. The van der Waals surface area contributed by atoms with E-state index >= 15 is 0 Å². The minimum absolute atomic E-state index is 0.148. The number of hydrogen-bond acceptors (Lipinski definition) is 20. The van der Waals surface area contributed by atoms with Gasteiger partial charge in [-0.15, -0.1) is 113 Å². The van der Waals surface area contributed by atoms with Gasteiger partial charge in [-0.3, -0.25) is 9.59 Å². The Morgan fingerprint density at radius 1 is 0.273 bits per heavy atom. The predicted octanol–water partition coefficient (Wildman–Crippen LogP) is 23.4. The highest BCUT2D eigenvalue weighted by Gasteiger charge is 2.18. The molecule has 0 saturated heterocycles. The molecule has 0 amide bonds. The highest BCUT2D eigenvalue weighted by molar-refractivity contribution is 7.32. The Morgan fingerprint density at radius 2 is 0.500 bits per heavy atom. The van der Waals surface area contributed by atoms with Crippen LogP contribution < -0.4 is 9.47 Å². The molecular weight excluding hydrogens is 1330 g/mol. The van der Waals surface area contributed by atoms with Crippen molar-refractivity contribution in [2.45, 2.75) is 66.2 Å². The Labute approximate surface area is 562 Å². The molecule has 0 atom stereocenters. The lowest BCUT2D eigenvalue weighted by Gasteiger charge is -2.02. The zero-order chi connectivity index (χ0) is 60.6. The Balaban J connectivity index is 0.000000183. The lowest BCUT2D eigenvalue weighted by atomic mass is 10.3. The topological polar surface area (TPSA) is 89.5 Å². The monoisotopic (exact) mass is 1390 g/mol. The van der Waals surface area contributed by atoms with E-state index in [9.17, 15) is 9.59 Å². The number of rotatable bonds is 30. The second-order valence-electron chi connectivity index (χ2n) is 19.7. The van der Waals surface area contributed by atoms with Crippen LogP contribution in [-0.2, 0) is 41.4 Å². The SMILES string of the molecule is CCCCOC(=O)Cc1ccc(-c2ccc(-c3ccc(-c4ccc(-c5ccc(-c6ccc(CC(=O)OCCCC)s6)s5)s4)s3)s2)s1.CCOCCOc1ccc(-c2ccc(-c3ccc(-c4ccc(-c5ccc(-c6ccc(OCCOCC)s6)s5)s4)s3)s2)s1. The summed E-state index contributed by atoms with van der Waals surface area (Å²) in [4.78, 5) is 51.5. The van der Waals surface area contributed by atoms with Crippen LogP contribution in [0.4, 0.5) is 0 Å². The van der Waals surface area contributed by atoms with E-state index in [0.29, 0.717) is 65.7 Å². The van der Waals surface area contributed by atoms with Crippen molar-refractivity contribution in [1.82, 2.24) is 0 Å². The minimum atomic E-state index is -0.148. The van der Waals surface area contributed by atoms with Gasteiger partial charge in [0.25, 0.3) is 0 Å². The van der Waals surface area contributed by atoms with Crippen LogP contribution in [-0.4, -0.2) is 64.8 Å². The number of ether oxygens (including phenoxy) is 6. The fourth-order valence-electron chi connectivity index (χ4n) is 8.83. The number of carbonyl (C=O) groups is 2.